The molecule has 0 saturated carbocycles. The van der Waals surface area contributed by atoms with Crippen molar-refractivity contribution in [3.63, 3.8) is 0 Å². The van der Waals surface area contributed by atoms with Crippen molar-refractivity contribution >= 4 is 5.91 Å². The van der Waals surface area contributed by atoms with Crippen molar-refractivity contribution in [1.82, 2.24) is 9.80 Å². The molecule has 0 aliphatic carbocycles. The van der Waals surface area contributed by atoms with Gasteiger partial charge in [0.2, 0.25) is 5.91 Å². The maximum atomic E-state index is 11.4. The molecule has 4 heteroatoms. The molecule has 4 nitrogen and oxygen atoms in total. The second kappa shape index (κ2) is 7.34. The summed E-state index contributed by atoms with van der Waals surface area (Å²) < 4.78 is 0. The van der Waals surface area contributed by atoms with Gasteiger partial charge in [-0.2, -0.15) is 5.26 Å². The van der Waals surface area contributed by atoms with E-state index in [0.717, 1.165) is 19.5 Å². The maximum Gasteiger partial charge on any atom is 0.236 e. The Morgan fingerprint density at radius 2 is 1.93 bits per heavy atom. The van der Waals surface area contributed by atoms with Crippen molar-refractivity contribution in [2.45, 2.75) is 19.8 Å². The lowest BCUT2D eigenvalue weighted by Crippen LogP contribution is -2.36. The van der Waals surface area contributed by atoms with E-state index in [4.69, 9.17) is 5.26 Å². The van der Waals surface area contributed by atoms with Gasteiger partial charge in [0, 0.05) is 19.6 Å². The Morgan fingerprint density at radius 1 is 1.29 bits per heavy atom. The monoisotopic (exact) mass is 197 g/mol. The molecule has 0 spiro atoms. The second-order valence-electron chi connectivity index (χ2n) is 3.52. The van der Waals surface area contributed by atoms with Crippen LogP contribution in [-0.4, -0.2) is 49.4 Å². The summed E-state index contributed by atoms with van der Waals surface area (Å²) in [5, 5.41) is 8.42. The third-order valence-corrected chi connectivity index (χ3v) is 1.89. The van der Waals surface area contributed by atoms with Crippen LogP contribution in [0.2, 0.25) is 0 Å². The van der Waals surface area contributed by atoms with Gasteiger partial charge in [-0.05, 0) is 20.5 Å². The molecule has 0 saturated heterocycles. The van der Waals surface area contributed by atoms with E-state index in [9.17, 15) is 4.79 Å². The highest BCUT2D eigenvalue weighted by Gasteiger charge is 2.11. The first kappa shape index (κ1) is 12.9. The summed E-state index contributed by atoms with van der Waals surface area (Å²) in [4.78, 5) is 15.2. The zero-order valence-corrected chi connectivity index (χ0v) is 9.29. The van der Waals surface area contributed by atoms with E-state index >= 15 is 0 Å². The number of carbonyl (C=O) groups excluding carboxylic acids is 1. The SMILES string of the molecule is CCCN(CCN(C)C)C(=O)CC#N. The molecule has 0 atom stereocenters. The van der Waals surface area contributed by atoms with E-state index < -0.39 is 0 Å². The summed E-state index contributed by atoms with van der Waals surface area (Å²) >= 11 is 0. The highest BCUT2D eigenvalue weighted by atomic mass is 16.2. The van der Waals surface area contributed by atoms with Gasteiger partial charge in [-0.3, -0.25) is 4.79 Å². The number of hydrogen-bond donors (Lipinski definition) is 0. The van der Waals surface area contributed by atoms with Gasteiger partial charge in [0.05, 0.1) is 6.07 Å². The maximum absolute atomic E-state index is 11.4. The zero-order chi connectivity index (χ0) is 11.0. The van der Waals surface area contributed by atoms with Gasteiger partial charge in [0.25, 0.3) is 0 Å². The Kier molecular flexibility index (Phi) is 6.77. The first-order valence-corrected chi connectivity index (χ1v) is 4.91. The summed E-state index contributed by atoms with van der Waals surface area (Å²) in [5.74, 6) is -0.0591. The summed E-state index contributed by atoms with van der Waals surface area (Å²) in [7, 11) is 3.94. The van der Waals surface area contributed by atoms with E-state index in [1.807, 2.05) is 32.0 Å². The number of carbonyl (C=O) groups is 1. The molecule has 0 aromatic carbocycles. The number of hydrogen-bond acceptors (Lipinski definition) is 3. The fourth-order valence-electron chi connectivity index (χ4n) is 1.13. The van der Waals surface area contributed by atoms with Gasteiger partial charge >= 0.3 is 0 Å². The molecule has 0 unspecified atom stereocenters. The first-order chi connectivity index (χ1) is 6.61. The van der Waals surface area contributed by atoms with Crippen molar-refractivity contribution in [1.29, 1.82) is 5.26 Å². The van der Waals surface area contributed by atoms with Crippen LogP contribution in [0.25, 0.3) is 0 Å². The molecule has 0 heterocycles. The molecule has 0 N–H and O–H groups in total. The fourth-order valence-corrected chi connectivity index (χ4v) is 1.13. The van der Waals surface area contributed by atoms with E-state index in [0.29, 0.717) is 6.54 Å². The largest absolute Gasteiger partial charge is 0.341 e. The van der Waals surface area contributed by atoms with Crippen molar-refractivity contribution in [3.05, 3.63) is 0 Å². The number of nitrogens with zero attached hydrogens (tertiary/aromatic N) is 3. The minimum absolute atomic E-state index is 0.00652. The molecule has 0 radical (unpaired) electrons. The van der Waals surface area contributed by atoms with Gasteiger partial charge in [-0.1, -0.05) is 6.92 Å². The predicted octanol–water partition coefficient (Wildman–Crippen LogP) is 0.700. The normalized spacial score (nSPS) is 9.93. The smallest absolute Gasteiger partial charge is 0.236 e. The fraction of sp³-hybridized carbons (Fsp3) is 0.800. The van der Waals surface area contributed by atoms with Crippen LogP contribution in [0.1, 0.15) is 19.8 Å². The van der Waals surface area contributed by atoms with Crippen LogP contribution < -0.4 is 0 Å². The summed E-state index contributed by atoms with van der Waals surface area (Å²) in [6, 6.07) is 1.89. The second-order valence-corrected chi connectivity index (χ2v) is 3.52. The molecule has 0 aromatic rings. The number of amides is 1. The average Bonchev–Trinajstić information content (AvgIpc) is 2.12. The third kappa shape index (κ3) is 5.55. The van der Waals surface area contributed by atoms with Crippen LogP contribution in [0.5, 0.6) is 0 Å². The average molecular weight is 197 g/mol. The standard InChI is InChI=1S/C10H19N3O/c1-4-7-13(9-8-12(2)3)10(14)5-6-11/h4-5,7-9H2,1-3H3. The molecule has 0 aliphatic rings. The topological polar surface area (TPSA) is 47.3 Å². The predicted molar refractivity (Wildman–Crippen MR) is 55.7 cm³/mol. The first-order valence-electron chi connectivity index (χ1n) is 4.91. The van der Waals surface area contributed by atoms with Crippen molar-refractivity contribution < 1.29 is 4.79 Å². The van der Waals surface area contributed by atoms with Gasteiger partial charge in [0.15, 0.2) is 0 Å². The Bertz CT molecular complexity index is 208. The molecule has 1 amide bonds. The van der Waals surface area contributed by atoms with E-state index in [1.54, 1.807) is 4.90 Å². The third-order valence-electron chi connectivity index (χ3n) is 1.89. The van der Waals surface area contributed by atoms with Gasteiger partial charge < -0.3 is 9.80 Å². The molecule has 0 rings (SSSR count). The van der Waals surface area contributed by atoms with Crippen LogP contribution in [-0.2, 0) is 4.79 Å². The Labute approximate surface area is 86.1 Å². The van der Waals surface area contributed by atoms with E-state index in [1.165, 1.54) is 0 Å². The lowest BCUT2D eigenvalue weighted by atomic mass is 10.3. The van der Waals surface area contributed by atoms with Crippen LogP contribution in [0.3, 0.4) is 0 Å². The quantitative estimate of drug-likeness (QED) is 0.629. The van der Waals surface area contributed by atoms with Gasteiger partial charge in [-0.15, -0.1) is 0 Å². The molecule has 0 aromatic heterocycles. The molecular formula is C10H19N3O. The zero-order valence-electron chi connectivity index (χ0n) is 9.29. The van der Waals surface area contributed by atoms with Gasteiger partial charge in [0.1, 0.15) is 6.42 Å². The minimum atomic E-state index is -0.0591. The highest BCUT2D eigenvalue weighted by Crippen LogP contribution is 1.96. The van der Waals surface area contributed by atoms with Crippen LogP contribution in [0, 0.1) is 11.3 Å². The van der Waals surface area contributed by atoms with Crippen molar-refractivity contribution in [3.8, 4) is 6.07 Å². The van der Waals surface area contributed by atoms with Gasteiger partial charge in [-0.25, -0.2) is 0 Å². The van der Waals surface area contributed by atoms with E-state index in [2.05, 4.69) is 0 Å². The van der Waals surface area contributed by atoms with E-state index in [-0.39, 0.29) is 12.3 Å². The molecule has 0 fully saturated rings. The Balaban J connectivity index is 4.01. The van der Waals surface area contributed by atoms with Crippen molar-refractivity contribution in [2.24, 2.45) is 0 Å². The lowest BCUT2D eigenvalue weighted by molar-refractivity contribution is -0.130. The minimum Gasteiger partial charge on any atom is -0.341 e. The summed E-state index contributed by atoms with van der Waals surface area (Å²) in [5.41, 5.74) is 0. The highest BCUT2D eigenvalue weighted by molar-refractivity contribution is 5.78. The summed E-state index contributed by atoms with van der Waals surface area (Å²) in [6.07, 6.45) is 0.929. The van der Waals surface area contributed by atoms with Crippen molar-refractivity contribution in [2.75, 3.05) is 33.7 Å². The molecule has 0 aliphatic heterocycles. The Hall–Kier alpha value is -1.08. The summed E-state index contributed by atoms with van der Waals surface area (Å²) in [6.45, 7) is 4.33. The number of likely N-dealkylation sites (N-methyl/N-ethyl adjacent to an activating group) is 1. The lowest BCUT2D eigenvalue weighted by Gasteiger charge is -2.22. The van der Waals surface area contributed by atoms with Crippen LogP contribution in [0.4, 0.5) is 0 Å². The van der Waals surface area contributed by atoms with Crippen LogP contribution >= 0.6 is 0 Å². The molecular weight excluding hydrogens is 178 g/mol. The molecule has 0 bridgehead atoms. The molecule has 14 heavy (non-hydrogen) atoms. The number of nitriles is 1. The molecule has 80 valence electrons. The van der Waals surface area contributed by atoms with Crippen LogP contribution in [0.15, 0.2) is 0 Å². The number of rotatable bonds is 6. The Morgan fingerprint density at radius 3 is 2.36 bits per heavy atom.